The third kappa shape index (κ3) is 4.13. The number of rotatable bonds is 3. The van der Waals surface area contributed by atoms with Gasteiger partial charge >= 0.3 is 6.09 Å². The fraction of sp³-hybridized carbons (Fsp3) is 0.588. The van der Waals surface area contributed by atoms with Crippen molar-refractivity contribution in [2.24, 2.45) is 0 Å². The molecule has 22 heavy (non-hydrogen) atoms. The van der Waals surface area contributed by atoms with Crippen molar-refractivity contribution in [3.63, 3.8) is 0 Å². The van der Waals surface area contributed by atoms with Crippen LogP contribution in [0.25, 0.3) is 0 Å². The van der Waals surface area contributed by atoms with Gasteiger partial charge in [-0.3, -0.25) is 4.90 Å². The van der Waals surface area contributed by atoms with Crippen LogP contribution in [0, 0.1) is 0 Å². The molecule has 1 aliphatic rings. The fourth-order valence-electron chi connectivity index (χ4n) is 2.51. The largest absolute Gasteiger partial charge is 0.444 e. The predicted molar refractivity (Wildman–Crippen MR) is 86.8 cm³/mol. The molecule has 0 unspecified atom stereocenters. The highest BCUT2D eigenvalue weighted by Gasteiger charge is 2.45. The van der Waals surface area contributed by atoms with Crippen molar-refractivity contribution in [1.82, 2.24) is 4.90 Å². The topological polar surface area (TPSA) is 50.8 Å². The van der Waals surface area contributed by atoms with Gasteiger partial charge in [-0.05, 0) is 46.8 Å². The van der Waals surface area contributed by atoms with Gasteiger partial charge in [-0.2, -0.15) is 0 Å². The maximum absolute atomic E-state index is 12.5. The van der Waals surface area contributed by atoms with Crippen molar-refractivity contribution in [3.8, 4) is 0 Å². The summed E-state index contributed by atoms with van der Waals surface area (Å²) in [7, 11) is 0. The van der Waals surface area contributed by atoms with Gasteiger partial charge in [0, 0.05) is 12.2 Å². The van der Waals surface area contributed by atoms with Gasteiger partial charge < -0.3 is 14.8 Å². The van der Waals surface area contributed by atoms with E-state index >= 15 is 0 Å². The van der Waals surface area contributed by atoms with Gasteiger partial charge in [-0.1, -0.05) is 18.2 Å². The summed E-state index contributed by atoms with van der Waals surface area (Å²) in [5.41, 5.74) is -0.158. The molecule has 2 rings (SSSR count). The van der Waals surface area contributed by atoms with Crippen LogP contribution in [0.2, 0.25) is 0 Å². The highest BCUT2D eigenvalue weighted by atomic mass is 16.6. The number of nitrogens with zero attached hydrogens (tertiary/aromatic N) is 1. The van der Waals surface area contributed by atoms with Gasteiger partial charge in [0.05, 0.1) is 12.6 Å². The quantitative estimate of drug-likeness (QED) is 0.929. The van der Waals surface area contributed by atoms with E-state index in [1.165, 1.54) is 0 Å². The molecular formula is C17H26N2O3. The molecule has 1 N–H and O–H groups in total. The van der Waals surface area contributed by atoms with Crippen molar-refractivity contribution >= 4 is 11.8 Å². The first kappa shape index (κ1) is 16.6. The average molecular weight is 306 g/mol. The van der Waals surface area contributed by atoms with Crippen LogP contribution >= 0.6 is 0 Å². The smallest absolute Gasteiger partial charge is 0.412 e. The number of anilines is 1. The summed E-state index contributed by atoms with van der Waals surface area (Å²) >= 11 is 0. The Balaban J connectivity index is 2.04. The van der Waals surface area contributed by atoms with Crippen LogP contribution < -0.4 is 5.32 Å². The van der Waals surface area contributed by atoms with E-state index in [0.29, 0.717) is 13.2 Å². The molecule has 1 saturated heterocycles. The molecule has 0 radical (unpaired) electrons. The number of hydrogen-bond donors (Lipinski definition) is 1. The zero-order valence-electron chi connectivity index (χ0n) is 14.1. The standard InChI is InChI=1S/C17H26N2O3/c1-16(2,3)22-15(20)19-14(12-21-17(19,4)5)11-18-13-9-7-6-8-10-13/h6-10,14,18H,11-12H2,1-5H3/t14-/m0/s1. The number of carbonyl (C=O) groups excluding carboxylic acids is 1. The number of benzene rings is 1. The molecule has 0 bridgehead atoms. The van der Waals surface area contributed by atoms with Crippen LogP contribution in [0.5, 0.6) is 0 Å². The van der Waals surface area contributed by atoms with E-state index in [-0.39, 0.29) is 12.1 Å². The minimum Gasteiger partial charge on any atom is -0.444 e. The molecule has 1 fully saturated rings. The van der Waals surface area contributed by atoms with Crippen molar-refractivity contribution in [1.29, 1.82) is 0 Å². The summed E-state index contributed by atoms with van der Waals surface area (Å²) in [6.07, 6.45) is -0.338. The summed E-state index contributed by atoms with van der Waals surface area (Å²) < 4.78 is 11.3. The van der Waals surface area contributed by atoms with E-state index < -0.39 is 11.3 Å². The molecule has 122 valence electrons. The summed E-state index contributed by atoms with van der Waals surface area (Å²) in [6, 6.07) is 9.86. The summed E-state index contributed by atoms with van der Waals surface area (Å²) in [4.78, 5) is 14.2. The number of hydrogen-bond acceptors (Lipinski definition) is 4. The molecule has 5 heteroatoms. The third-order valence-corrected chi connectivity index (χ3v) is 3.48. The lowest BCUT2D eigenvalue weighted by Gasteiger charge is -2.35. The van der Waals surface area contributed by atoms with E-state index in [0.717, 1.165) is 5.69 Å². The van der Waals surface area contributed by atoms with Gasteiger partial charge in [0.25, 0.3) is 0 Å². The summed E-state index contributed by atoms with van der Waals surface area (Å²) in [5.74, 6) is 0. The monoisotopic (exact) mass is 306 g/mol. The van der Waals surface area contributed by atoms with Crippen molar-refractivity contribution in [2.75, 3.05) is 18.5 Å². The zero-order chi connectivity index (χ0) is 16.4. The lowest BCUT2D eigenvalue weighted by atomic mass is 10.2. The van der Waals surface area contributed by atoms with Gasteiger partial charge in [0.15, 0.2) is 0 Å². The number of para-hydroxylation sites is 1. The molecule has 1 heterocycles. The first-order valence-electron chi connectivity index (χ1n) is 7.64. The van der Waals surface area contributed by atoms with E-state index in [4.69, 9.17) is 9.47 Å². The maximum atomic E-state index is 12.5. The fourth-order valence-corrected chi connectivity index (χ4v) is 2.51. The normalized spacial score (nSPS) is 20.8. The lowest BCUT2D eigenvalue weighted by molar-refractivity contribution is -0.0620. The van der Waals surface area contributed by atoms with Crippen LogP contribution in [0.3, 0.4) is 0 Å². The molecule has 0 spiro atoms. The molecule has 1 aliphatic heterocycles. The zero-order valence-corrected chi connectivity index (χ0v) is 14.1. The van der Waals surface area contributed by atoms with E-state index in [2.05, 4.69) is 5.32 Å². The Morgan fingerprint density at radius 2 is 2.00 bits per heavy atom. The first-order chi connectivity index (χ1) is 10.2. The Morgan fingerprint density at radius 3 is 2.59 bits per heavy atom. The van der Waals surface area contributed by atoms with Gasteiger partial charge in [0.2, 0.25) is 0 Å². The first-order valence-corrected chi connectivity index (χ1v) is 7.64. The molecule has 1 atom stereocenters. The van der Waals surface area contributed by atoms with E-state index in [1.54, 1.807) is 4.90 Å². The molecule has 0 aromatic heterocycles. The van der Waals surface area contributed by atoms with Gasteiger partial charge in [-0.15, -0.1) is 0 Å². The van der Waals surface area contributed by atoms with Crippen molar-refractivity contribution < 1.29 is 14.3 Å². The molecular weight excluding hydrogens is 280 g/mol. The number of nitrogens with one attached hydrogen (secondary N) is 1. The molecule has 1 aromatic carbocycles. The van der Waals surface area contributed by atoms with Crippen LogP contribution in [0.4, 0.5) is 10.5 Å². The average Bonchev–Trinajstić information content (AvgIpc) is 2.71. The molecule has 5 nitrogen and oxygen atoms in total. The Bertz CT molecular complexity index is 508. The van der Waals surface area contributed by atoms with Gasteiger partial charge in [-0.25, -0.2) is 4.79 Å². The molecule has 1 amide bonds. The second kappa shape index (κ2) is 6.16. The highest BCUT2D eigenvalue weighted by Crippen LogP contribution is 2.29. The van der Waals surface area contributed by atoms with Crippen LogP contribution in [-0.4, -0.2) is 41.5 Å². The minimum atomic E-state index is -0.661. The van der Waals surface area contributed by atoms with Crippen LogP contribution in [0.15, 0.2) is 30.3 Å². The second-order valence-corrected chi connectivity index (χ2v) is 7.01. The van der Waals surface area contributed by atoms with Crippen molar-refractivity contribution in [3.05, 3.63) is 30.3 Å². The summed E-state index contributed by atoms with van der Waals surface area (Å²) in [5, 5.41) is 3.34. The van der Waals surface area contributed by atoms with Crippen LogP contribution in [0.1, 0.15) is 34.6 Å². The third-order valence-electron chi connectivity index (χ3n) is 3.48. The van der Waals surface area contributed by atoms with Gasteiger partial charge in [0.1, 0.15) is 11.3 Å². The Morgan fingerprint density at radius 1 is 1.36 bits per heavy atom. The lowest BCUT2D eigenvalue weighted by Crippen LogP contribution is -2.51. The SMILES string of the molecule is CC(C)(C)OC(=O)N1[C@@H](CNc2ccccc2)COC1(C)C. The highest BCUT2D eigenvalue weighted by molar-refractivity contribution is 5.70. The van der Waals surface area contributed by atoms with E-state index in [9.17, 15) is 4.79 Å². The Hall–Kier alpha value is -1.75. The van der Waals surface area contributed by atoms with Crippen molar-refractivity contribution in [2.45, 2.75) is 52.0 Å². The molecule has 0 saturated carbocycles. The molecule has 1 aromatic rings. The van der Waals surface area contributed by atoms with E-state index in [1.807, 2.05) is 65.0 Å². The Labute approximate surface area is 132 Å². The second-order valence-electron chi connectivity index (χ2n) is 7.01. The predicted octanol–water partition coefficient (Wildman–Crippen LogP) is 3.47. The maximum Gasteiger partial charge on any atom is 0.412 e. The minimum absolute atomic E-state index is 0.0648. The Kier molecular flexibility index (Phi) is 4.66. The number of ether oxygens (including phenoxy) is 2. The number of carbonyl (C=O) groups is 1. The molecule has 0 aliphatic carbocycles. The number of amides is 1. The van der Waals surface area contributed by atoms with Crippen LogP contribution in [-0.2, 0) is 9.47 Å². The summed E-state index contributed by atoms with van der Waals surface area (Å²) in [6.45, 7) is 10.5.